The van der Waals surface area contributed by atoms with E-state index in [-0.39, 0.29) is 29.0 Å². The Balaban J connectivity index is 2.11. The molecule has 2 amide bonds. The average molecular weight is 409 g/mol. The van der Waals surface area contributed by atoms with Crippen LogP contribution in [-0.4, -0.2) is 30.4 Å². The summed E-state index contributed by atoms with van der Waals surface area (Å²) in [4.78, 5) is 37.3. The van der Waals surface area contributed by atoms with E-state index in [9.17, 15) is 14.4 Å². The van der Waals surface area contributed by atoms with E-state index in [1.165, 1.54) is 36.5 Å². The Kier molecular flexibility index (Phi) is 7.38. The van der Waals surface area contributed by atoms with Crippen molar-refractivity contribution in [2.45, 2.75) is 26.9 Å². The molecule has 0 saturated heterocycles. The maximum atomic E-state index is 12.5. The van der Waals surface area contributed by atoms with Crippen LogP contribution in [0.25, 0.3) is 0 Å². The minimum Gasteiger partial charge on any atom is -0.449 e. The topological polar surface area (TPSA) is 84.5 Å². The van der Waals surface area contributed by atoms with Gasteiger partial charge in [0.15, 0.2) is 6.10 Å². The molecule has 1 aromatic heterocycles. The quantitative estimate of drug-likeness (QED) is 0.679. The summed E-state index contributed by atoms with van der Waals surface area (Å²) in [6.45, 7) is 5.91. The molecule has 0 unspecified atom stereocenters. The van der Waals surface area contributed by atoms with Crippen molar-refractivity contribution in [2.75, 3.05) is 11.9 Å². The lowest BCUT2D eigenvalue weighted by Crippen LogP contribution is -2.37. The molecular formula is C19H21ClN2O4S. The standard InChI is InChI=1S/C19H21ClN2O4S/c1-11(2)10-21-17(23)12(3)26-19(25)14-7-6-13(20)9-15(14)22-18(24)16-5-4-8-27-16/h4-9,11-12H,10H2,1-3H3,(H,21,23)(H,22,24)/t12-/m0/s1. The number of hydrogen-bond donors (Lipinski definition) is 2. The lowest BCUT2D eigenvalue weighted by atomic mass is 10.1. The SMILES string of the molecule is CC(C)CNC(=O)[C@H](C)OC(=O)c1ccc(Cl)cc1NC(=O)c1cccs1. The van der Waals surface area contributed by atoms with Gasteiger partial charge in [0, 0.05) is 11.6 Å². The molecule has 0 bridgehead atoms. The van der Waals surface area contributed by atoms with Crippen molar-refractivity contribution < 1.29 is 19.1 Å². The number of rotatable bonds is 7. The van der Waals surface area contributed by atoms with Crippen LogP contribution in [0.5, 0.6) is 0 Å². The van der Waals surface area contributed by atoms with Crippen LogP contribution in [0.3, 0.4) is 0 Å². The van der Waals surface area contributed by atoms with Crippen molar-refractivity contribution in [3.8, 4) is 0 Å². The lowest BCUT2D eigenvalue weighted by molar-refractivity contribution is -0.129. The van der Waals surface area contributed by atoms with Crippen LogP contribution >= 0.6 is 22.9 Å². The highest BCUT2D eigenvalue weighted by molar-refractivity contribution is 7.12. The first-order valence-electron chi connectivity index (χ1n) is 8.41. The Morgan fingerprint density at radius 2 is 1.93 bits per heavy atom. The molecule has 144 valence electrons. The van der Waals surface area contributed by atoms with E-state index in [1.54, 1.807) is 17.5 Å². The molecule has 27 heavy (non-hydrogen) atoms. The summed E-state index contributed by atoms with van der Waals surface area (Å²) < 4.78 is 5.24. The first-order chi connectivity index (χ1) is 12.8. The normalized spacial score (nSPS) is 11.7. The Morgan fingerprint density at radius 3 is 2.56 bits per heavy atom. The Bertz CT molecular complexity index is 821. The third-order valence-electron chi connectivity index (χ3n) is 3.53. The molecule has 0 aliphatic carbocycles. The van der Waals surface area contributed by atoms with Crippen LogP contribution in [0.4, 0.5) is 5.69 Å². The average Bonchev–Trinajstić information content (AvgIpc) is 3.14. The fourth-order valence-corrected chi connectivity index (χ4v) is 2.91. The fourth-order valence-electron chi connectivity index (χ4n) is 2.12. The Morgan fingerprint density at radius 1 is 1.19 bits per heavy atom. The zero-order chi connectivity index (χ0) is 20.0. The van der Waals surface area contributed by atoms with Gasteiger partial charge in [0.25, 0.3) is 11.8 Å². The minimum atomic E-state index is -0.965. The molecule has 0 aliphatic rings. The van der Waals surface area contributed by atoms with E-state index in [0.29, 0.717) is 16.4 Å². The van der Waals surface area contributed by atoms with Crippen LogP contribution in [0, 0.1) is 5.92 Å². The Labute approximate surface area is 166 Å². The maximum Gasteiger partial charge on any atom is 0.341 e. The van der Waals surface area contributed by atoms with Gasteiger partial charge < -0.3 is 15.4 Å². The second-order valence-electron chi connectivity index (χ2n) is 6.31. The van der Waals surface area contributed by atoms with Crippen molar-refractivity contribution in [2.24, 2.45) is 5.92 Å². The smallest absolute Gasteiger partial charge is 0.341 e. The van der Waals surface area contributed by atoms with E-state index in [4.69, 9.17) is 16.3 Å². The van der Waals surface area contributed by atoms with Crippen molar-refractivity contribution >= 4 is 46.4 Å². The van der Waals surface area contributed by atoms with Crippen molar-refractivity contribution in [3.05, 3.63) is 51.2 Å². The monoisotopic (exact) mass is 408 g/mol. The largest absolute Gasteiger partial charge is 0.449 e. The number of ether oxygens (including phenoxy) is 1. The zero-order valence-electron chi connectivity index (χ0n) is 15.2. The van der Waals surface area contributed by atoms with Crippen LogP contribution < -0.4 is 10.6 Å². The van der Waals surface area contributed by atoms with Gasteiger partial charge in [0.1, 0.15) is 0 Å². The zero-order valence-corrected chi connectivity index (χ0v) is 16.8. The maximum absolute atomic E-state index is 12.5. The number of benzene rings is 1. The predicted molar refractivity (Wildman–Crippen MR) is 106 cm³/mol. The van der Waals surface area contributed by atoms with Crippen LogP contribution in [0.1, 0.15) is 40.8 Å². The number of esters is 1. The summed E-state index contributed by atoms with van der Waals surface area (Å²) in [5, 5.41) is 7.50. The number of carbonyl (C=O) groups excluding carboxylic acids is 3. The van der Waals surface area contributed by atoms with E-state index in [2.05, 4.69) is 10.6 Å². The summed E-state index contributed by atoms with van der Waals surface area (Å²) >= 11 is 7.27. The number of amides is 2. The van der Waals surface area contributed by atoms with Gasteiger partial charge in [-0.3, -0.25) is 9.59 Å². The number of hydrogen-bond acceptors (Lipinski definition) is 5. The molecular weight excluding hydrogens is 388 g/mol. The first kappa shape index (κ1) is 20.9. The highest BCUT2D eigenvalue weighted by Crippen LogP contribution is 2.24. The molecule has 0 aliphatic heterocycles. The molecule has 6 nitrogen and oxygen atoms in total. The second-order valence-corrected chi connectivity index (χ2v) is 7.69. The molecule has 1 heterocycles. The van der Waals surface area contributed by atoms with Crippen molar-refractivity contribution in [1.29, 1.82) is 0 Å². The summed E-state index contributed by atoms with van der Waals surface area (Å²) in [6.07, 6.45) is -0.965. The molecule has 0 radical (unpaired) electrons. The minimum absolute atomic E-state index is 0.118. The third kappa shape index (κ3) is 6.08. The van der Waals surface area contributed by atoms with E-state index < -0.39 is 12.1 Å². The summed E-state index contributed by atoms with van der Waals surface area (Å²) in [7, 11) is 0. The number of thiophene rings is 1. The molecule has 2 rings (SSSR count). The molecule has 1 atom stereocenters. The van der Waals surface area contributed by atoms with Crippen LogP contribution in [-0.2, 0) is 9.53 Å². The second kappa shape index (κ2) is 9.53. The van der Waals surface area contributed by atoms with Gasteiger partial charge in [0.05, 0.1) is 16.1 Å². The van der Waals surface area contributed by atoms with Gasteiger partial charge in [-0.25, -0.2) is 4.79 Å². The molecule has 2 aromatic rings. The lowest BCUT2D eigenvalue weighted by Gasteiger charge is -2.16. The molecule has 0 saturated carbocycles. The molecule has 2 N–H and O–H groups in total. The van der Waals surface area contributed by atoms with Gasteiger partial charge in [-0.1, -0.05) is 31.5 Å². The molecule has 0 spiro atoms. The van der Waals surface area contributed by atoms with Gasteiger partial charge in [-0.2, -0.15) is 0 Å². The highest BCUT2D eigenvalue weighted by atomic mass is 35.5. The number of carbonyl (C=O) groups is 3. The number of anilines is 1. The number of halogens is 1. The summed E-state index contributed by atoms with van der Waals surface area (Å²) in [5.74, 6) is -1.17. The van der Waals surface area contributed by atoms with Crippen LogP contribution in [0.15, 0.2) is 35.7 Å². The Hall–Kier alpha value is -2.38. The van der Waals surface area contributed by atoms with E-state index >= 15 is 0 Å². The van der Waals surface area contributed by atoms with Gasteiger partial charge in [0.2, 0.25) is 0 Å². The molecule has 1 aromatic carbocycles. The number of nitrogens with one attached hydrogen (secondary N) is 2. The first-order valence-corrected chi connectivity index (χ1v) is 9.66. The van der Waals surface area contributed by atoms with E-state index in [1.807, 2.05) is 13.8 Å². The highest BCUT2D eigenvalue weighted by Gasteiger charge is 2.22. The van der Waals surface area contributed by atoms with E-state index in [0.717, 1.165) is 0 Å². The van der Waals surface area contributed by atoms with Crippen molar-refractivity contribution in [1.82, 2.24) is 5.32 Å². The fraction of sp³-hybridized carbons (Fsp3) is 0.316. The summed E-state index contributed by atoms with van der Waals surface area (Å²) in [6, 6.07) is 7.86. The van der Waals surface area contributed by atoms with Crippen molar-refractivity contribution in [3.63, 3.8) is 0 Å². The molecule has 0 fully saturated rings. The van der Waals surface area contributed by atoms with Crippen LogP contribution in [0.2, 0.25) is 5.02 Å². The van der Waals surface area contributed by atoms with Gasteiger partial charge >= 0.3 is 5.97 Å². The van der Waals surface area contributed by atoms with Gasteiger partial charge in [-0.15, -0.1) is 11.3 Å². The van der Waals surface area contributed by atoms with Gasteiger partial charge in [-0.05, 0) is 42.5 Å². The third-order valence-corrected chi connectivity index (χ3v) is 4.64. The summed E-state index contributed by atoms with van der Waals surface area (Å²) in [5.41, 5.74) is 0.341. The predicted octanol–water partition coefficient (Wildman–Crippen LogP) is 3.97. The molecule has 8 heteroatoms.